The number of aliphatic hydroxyl groups is 2. The Morgan fingerprint density at radius 1 is 0.449 bits per heavy atom. The first-order valence-electron chi connectivity index (χ1n) is 20.8. The number of hydrogen-bond acceptors (Lipinski definition) is 8. The summed E-state index contributed by atoms with van der Waals surface area (Å²) in [7, 11) is 0. The van der Waals surface area contributed by atoms with Crippen molar-refractivity contribution in [2.24, 2.45) is 0 Å². The van der Waals surface area contributed by atoms with Gasteiger partial charge in [-0.15, -0.1) is 0 Å². The van der Waals surface area contributed by atoms with E-state index in [9.17, 15) is 19.8 Å². The van der Waals surface area contributed by atoms with Crippen molar-refractivity contribution in [1.29, 1.82) is 0 Å². The normalized spacial score (nSPS) is 12.7. The molecule has 0 aliphatic heterocycles. The van der Waals surface area contributed by atoms with Crippen LogP contribution in [-0.2, 0) is 19.1 Å². The molecule has 0 aromatic carbocycles. The summed E-state index contributed by atoms with van der Waals surface area (Å²) in [4.78, 5) is 24.0. The van der Waals surface area contributed by atoms with E-state index < -0.39 is 0 Å². The standard InChI is InChI=1S/C41H80O6S2/c1-3-5-7-16-22-28-39(49-36-34-43)30-24-18-13-11-15-20-26-32-41(45)47-37-46-40(44)31-25-19-14-10-9-12-17-23-29-38(48-35-33-42)27-21-8-6-4-2/h38-39,42-43H,3-37H2,1-2H3. The van der Waals surface area contributed by atoms with Gasteiger partial charge >= 0.3 is 11.9 Å². The maximum absolute atomic E-state index is 12.0. The Balaban J connectivity index is 3.60. The van der Waals surface area contributed by atoms with E-state index in [-0.39, 0.29) is 31.9 Å². The molecule has 0 aliphatic carbocycles. The lowest BCUT2D eigenvalue weighted by Gasteiger charge is -2.16. The monoisotopic (exact) mass is 733 g/mol. The highest BCUT2D eigenvalue weighted by Crippen LogP contribution is 2.25. The maximum atomic E-state index is 12.0. The SMILES string of the molecule is CCCCCCCC(CCCCCCCCCC(=O)OCOC(=O)CCCCCCCCCCC(CCCCCC)SCCO)SCCO. The number of thioether (sulfide) groups is 2. The van der Waals surface area contributed by atoms with E-state index in [2.05, 4.69) is 13.8 Å². The highest BCUT2D eigenvalue weighted by molar-refractivity contribution is 8.00. The van der Waals surface area contributed by atoms with Crippen LogP contribution in [0.1, 0.15) is 206 Å². The summed E-state index contributed by atoms with van der Waals surface area (Å²) in [5.41, 5.74) is 0. The molecule has 0 aliphatic rings. The van der Waals surface area contributed by atoms with Crippen LogP contribution in [-0.4, -0.2) is 64.2 Å². The number of ether oxygens (including phenoxy) is 2. The fraction of sp³-hybridized carbons (Fsp3) is 0.951. The molecule has 0 saturated heterocycles. The first-order valence-corrected chi connectivity index (χ1v) is 22.9. The van der Waals surface area contributed by atoms with Gasteiger partial charge in [-0.25, -0.2) is 0 Å². The van der Waals surface area contributed by atoms with Crippen LogP contribution in [0.2, 0.25) is 0 Å². The highest BCUT2D eigenvalue weighted by atomic mass is 32.2. The van der Waals surface area contributed by atoms with Crippen LogP contribution in [0.3, 0.4) is 0 Å². The van der Waals surface area contributed by atoms with Gasteiger partial charge in [-0.05, 0) is 38.5 Å². The average Bonchev–Trinajstić information content (AvgIpc) is 3.10. The number of carbonyl (C=O) groups excluding carboxylic acids is 2. The molecule has 0 rings (SSSR count). The fourth-order valence-corrected chi connectivity index (χ4v) is 8.58. The molecule has 2 atom stereocenters. The molecule has 0 bridgehead atoms. The molecule has 8 heteroatoms. The number of unbranched alkanes of at least 4 members (excludes halogenated alkanes) is 20. The van der Waals surface area contributed by atoms with Crippen molar-refractivity contribution in [2.45, 2.75) is 217 Å². The molecule has 2 N–H and O–H groups in total. The summed E-state index contributed by atoms with van der Waals surface area (Å²) in [5, 5.41) is 19.8. The van der Waals surface area contributed by atoms with Crippen molar-refractivity contribution in [3.63, 3.8) is 0 Å². The van der Waals surface area contributed by atoms with Crippen molar-refractivity contribution in [3.05, 3.63) is 0 Å². The highest BCUT2D eigenvalue weighted by Gasteiger charge is 2.11. The minimum Gasteiger partial charge on any atom is -0.428 e. The Morgan fingerprint density at radius 2 is 0.735 bits per heavy atom. The molecule has 0 saturated carbocycles. The number of hydrogen-bond donors (Lipinski definition) is 2. The van der Waals surface area contributed by atoms with Crippen molar-refractivity contribution >= 4 is 35.5 Å². The third kappa shape index (κ3) is 37.1. The van der Waals surface area contributed by atoms with Gasteiger partial charge in [0.05, 0.1) is 13.2 Å². The minimum atomic E-state index is -0.277. The lowest BCUT2D eigenvalue weighted by molar-refractivity contribution is -0.167. The zero-order chi connectivity index (χ0) is 35.9. The zero-order valence-corrected chi connectivity index (χ0v) is 33.9. The molecule has 0 spiro atoms. The lowest BCUT2D eigenvalue weighted by atomic mass is 10.0. The molecular weight excluding hydrogens is 653 g/mol. The van der Waals surface area contributed by atoms with E-state index in [1.807, 2.05) is 23.5 Å². The van der Waals surface area contributed by atoms with Crippen LogP contribution in [0.4, 0.5) is 0 Å². The molecule has 0 heterocycles. The smallest absolute Gasteiger partial charge is 0.308 e. The van der Waals surface area contributed by atoms with Gasteiger partial charge in [0.1, 0.15) is 0 Å². The summed E-state index contributed by atoms with van der Waals surface area (Å²) < 4.78 is 10.2. The first kappa shape index (κ1) is 48.6. The molecule has 6 nitrogen and oxygen atoms in total. The quantitative estimate of drug-likeness (QED) is 0.0365. The van der Waals surface area contributed by atoms with Crippen molar-refractivity contribution in [1.82, 2.24) is 0 Å². The maximum Gasteiger partial charge on any atom is 0.308 e. The van der Waals surface area contributed by atoms with Gasteiger partial charge in [-0.1, -0.05) is 155 Å². The Hall–Kier alpha value is -0.440. The predicted octanol–water partition coefficient (Wildman–Crippen LogP) is 12.0. The van der Waals surface area contributed by atoms with Gasteiger partial charge in [0.2, 0.25) is 6.79 Å². The molecular formula is C41H80O6S2. The Morgan fingerprint density at radius 3 is 1.06 bits per heavy atom. The van der Waals surface area contributed by atoms with Crippen LogP contribution in [0.15, 0.2) is 0 Å². The van der Waals surface area contributed by atoms with Crippen LogP contribution in [0.25, 0.3) is 0 Å². The fourth-order valence-electron chi connectivity index (χ4n) is 6.37. The van der Waals surface area contributed by atoms with Crippen molar-refractivity contribution in [2.75, 3.05) is 31.5 Å². The zero-order valence-electron chi connectivity index (χ0n) is 32.2. The Bertz CT molecular complexity index is 695. The summed E-state index contributed by atoms with van der Waals surface area (Å²) in [6.07, 6.45) is 35.3. The van der Waals surface area contributed by atoms with Crippen molar-refractivity contribution < 1.29 is 29.3 Å². The second kappa shape index (κ2) is 40.3. The molecule has 292 valence electrons. The lowest BCUT2D eigenvalue weighted by Crippen LogP contribution is -2.12. The number of rotatable bonds is 40. The third-order valence-corrected chi connectivity index (χ3v) is 12.1. The molecule has 0 amide bonds. The molecule has 0 radical (unpaired) electrons. The number of carbonyl (C=O) groups is 2. The summed E-state index contributed by atoms with van der Waals surface area (Å²) in [5.74, 6) is 1.17. The van der Waals surface area contributed by atoms with E-state index in [1.165, 1.54) is 141 Å². The largest absolute Gasteiger partial charge is 0.428 e. The van der Waals surface area contributed by atoms with Crippen LogP contribution >= 0.6 is 23.5 Å². The Kier molecular flexibility index (Phi) is 40.0. The Labute approximate surface area is 312 Å². The van der Waals surface area contributed by atoms with Crippen molar-refractivity contribution in [3.8, 4) is 0 Å². The van der Waals surface area contributed by atoms with Crippen LogP contribution < -0.4 is 0 Å². The summed E-state index contributed by atoms with van der Waals surface area (Å²) in [6, 6.07) is 0. The second-order valence-corrected chi connectivity index (χ2v) is 16.8. The van der Waals surface area contributed by atoms with Gasteiger partial charge < -0.3 is 19.7 Å². The molecule has 49 heavy (non-hydrogen) atoms. The average molecular weight is 733 g/mol. The predicted molar refractivity (Wildman–Crippen MR) is 214 cm³/mol. The summed E-state index contributed by atoms with van der Waals surface area (Å²) >= 11 is 3.91. The van der Waals surface area contributed by atoms with E-state index in [4.69, 9.17) is 9.47 Å². The van der Waals surface area contributed by atoms with Gasteiger partial charge in [-0.2, -0.15) is 23.5 Å². The van der Waals surface area contributed by atoms with E-state index in [0.717, 1.165) is 50.0 Å². The molecule has 0 aromatic rings. The van der Waals surface area contributed by atoms with Gasteiger partial charge in [-0.3, -0.25) is 9.59 Å². The van der Waals surface area contributed by atoms with Gasteiger partial charge in [0, 0.05) is 34.8 Å². The van der Waals surface area contributed by atoms with Gasteiger partial charge in [0.25, 0.3) is 0 Å². The molecule has 0 fully saturated rings. The van der Waals surface area contributed by atoms with Crippen LogP contribution in [0.5, 0.6) is 0 Å². The third-order valence-electron chi connectivity index (χ3n) is 9.40. The van der Waals surface area contributed by atoms with Crippen LogP contribution in [0, 0.1) is 0 Å². The number of aliphatic hydroxyl groups excluding tert-OH is 2. The number of esters is 2. The minimum absolute atomic E-state index is 0.258. The summed E-state index contributed by atoms with van der Waals surface area (Å²) in [6.45, 7) is 4.83. The second-order valence-electron chi connectivity index (χ2n) is 14.0. The van der Waals surface area contributed by atoms with E-state index >= 15 is 0 Å². The van der Waals surface area contributed by atoms with Gasteiger partial charge in [0.15, 0.2) is 0 Å². The van der Waals surface area contributed by atoms with E-state index in [1.54, 1.807) is 0 Å². The molecule has 0 aromatic heterocycles. The topological polar surface area (TPSA) is 93.1 Å². The van der Waals surface area contributed by atoms with E-state index in [0.29, 0.717) is 23.3 Å². The molecule has 2 unspecified atom stereocenters. The first-order chi connectivity index (χ1) is 24.1.